The van der Waals surface area contributed by atoms with Gasteiger partial charge in [0, 0.05) is 11.1 Å². The summed E-state index contributed by atoms with van der Waals surface area (Å²) in [5.74, 6) is 2.80. The van der Waals surface area contributed by atoms with Gasteiger partial charge in [-0.15, -0.1) is 0 Å². The first-order chi connectivity index (χ1) is 15.7. The number of carbonyl (C=O) groups excluding carboxylic acids is 1. The van der Waals surface area contributed by atoms with Crippen molar-refractivity contribution in [3.8, 4) is 45.4 Å². The molecule has 0 fully saturated rings. The van der Waals surface area contributed by atoms with E-state index < -0.39 is 5.91 Å². The van der Waals surface area contributed by atoms with Crippen LogP contribution in [0.25, 0.3) is 22.5 Å². The molecule has 2 aromatic carbocycles. The molecule has 4 aromatic rings. The van der Waals surface area contributed by atoms with Crippen molar-refractivity contribution in [2.45, 2.75) is 0 Å². The van der Waals surface area contributed by atoms with E-state index >= 15 is 0 Å². The molecule has 0 atom stereocenters. The Kier molecular flexibility index (Phi) is 4.17. The van der Waals surface area contributed by atoms with Gasteiger partial charge >= 0.3 is 0 Å². The lowest BCUT2D eigenvalue weighted by molar-refractivity contribution is 0.0997. The van der Waals surface area contributed by atoms with Gasteiger partial charge in [0.25, 0.3) is 5.91 Å². The first-order valence-corrected chi connectivity index (χ1v) is 9.75. The fraction of sp³-hybridized carbons (Fsp3) is 0.0870. The molecule has 2 aromatic heterocycles. The molecule has 158 valence electrons. The lowest BCUT2D eigenvalue weighted by Crippen LogP contribution is -2.11. The summed E-state index contributed by atoms with van der Waals surface area (Å²) in [6.45, 7) is 0.338. The van der Waals surface area contributed by atoms with Crippen LogP contribution in [0.3, 0.4) is 0 Å². The Hall–Kier alpha value is -4.53. The van der Waals surface area contributed by atoms with Crippen molar-refractivity contribution in [1.29, 1.82) is 0 Å². The van der Waals surface area contributed by atoms with Gasteiger partial charge in [-0.25, -0.2) is 9.97 Å². The topological polar surface area (TPSA) is 105 Å². The second-order valence-electron chi connectivity index (χ2n) is 7.07. The number of ether oxygens (including phenoxy) is 4. The van der Waals surface area contributed by atoms with Gasteiger partial charge in [-0.05, 0) is 42.0 Å². The second-order valence-corrected chi connectivity index (χ2v) is 7.07. The molecule has 1 N–H and O–H groups in total. The van der Waals surface area contributed by atoms with Gasteiger partial charge in [0.05, 0.1) is 18.1 Å². The third kappa shape index (κ3) is 3.16. The van der Waals surface area contributed by atoms with Crippen LogP contribution in [-0.2, 0) is 0 Å². The molecule has 2 aliphatic rings. The van der Waals surface area contributed by atoms with E-state index in [0.717, 1.165) is 16.7 Å². The summed E-state index contributed by atoms with van der Waals surface area (Å²) in [7, 11) is 0. The van der Waals surface area contributed by atoms with Gasteiger partial charge < -0.3 is 28.7 Å². The largest absolute Gasteiger partial charge is 0.454 e. The summed E-state index contributed by atoms with van der Waals surface area (Å²) >= 11 is 0. The number of amides is 1. The minimum atomic E-state index is -0.422. The number of anilines is 1. The maximum absolute atomic E-state index is 12.9. The highest BCUT2D eigenvalue weighted by Gasteiger charge is 2.23. The summed E-state index contributed by atoms with van der Waals surface area (Å²) in [6, 6.07) is 12.8. The molecule has 0 aliphatic carbocycles. The van der Waals surface area contributed by atoms with Crippen LogP contribution in [0.2, 0.25) is 0 Å². The van der Waals surface area contributed by atoms with E-state index in [2.05, 4.69) is 15.3 Å². The van der Waals surface area contributed by atoms with Crippen LogP contribution in [0.1, 0.15) is 10.6 Å². The molecule has 0 bridgehead atoms. The Balaban J connectivity index is 1.44. The Morgan fingerprint density at radius 1 is 0.781 bits per heavy atom. The van der Waals surface area contributed by atoms with Crippen molar-refractivity contribution >= 4 is 11.6 Å². The van der Waals surface area contributed by atoms with Crippen LogP contribution in [0.5, 0.6) is 23.0 Å². The van der Waals surface area contributed by atoms with E-state index in [0.29, 0.717) is 34.4 Å². The minimum absolute atomic E-state index is 0.134. The van der Waals surface area contributed by atoms with Crippen LogP contribution in [-0.4, -0.2) is 29.5 Å². The lowest BCUT2D eigenvalue weighted by Gasteiger charge is -2.05. The highest BCUT2D eigenvalue weighted by atomic mass is 16.7. The Bertz CT molecular complexity index is 1260. The van der Waals surface area contributed by atoms with Crippen molar-refractivity contribution < 1.29 is 28.2 Å². The summed E-state index contributed by atoms with van der Waals surface area (Å²) in [5, 5.41) is 2.74. The number of hydrogen-bond donors (Lipinski definition) is 1. The first kappa shape index (κ1) is 18.3. The van der Waals surface area contributed by atoms with E-state index in [1.54, 1.807) is 6.07 Å². The van der Waals surface area contributed by atoms with Crippen molar-refractivity contribution in [1.82, 2.24) is 9.97 Å². The number of nitrogens with one attached hydrogen (secondary N) is 1. The van der Waals surface area contributed by atoms with Gasteiger partial charge in [-0.2, -0.15) is 0 Å². The normalized spacial score (nSPS) is 13.2. The van der Waals surface area contributed by atoms with Crippen LogP contribution in [0.15, 0.2) is 65.6 Å². The van der Waals surface area contributed by atoms with Gasteiger partial charge in [0.1, 0.15) is 12.1 Å². The third-order valence-corrected chi connectivity index (χ3v) is 5.09. The predicted octanol–water partition coefficient (Wildman–Crippen LogP) is 4.11. The fourth-order valence-electron chi connectivity index (χ4n) is 3.59. The fourth-order valence-corrected chi connectivity index (χ4v) is 3.59. The van der Waals surface area contributed by atoms with Crippen LogP contribution in [0.4, 0.5) is 5.69 Å². The van der Waals surface area contributed by atoms with E-state index in [-0.39, 0.29) is 19.3 Å². The van der Waals surface area contributed by atoms with E-state index in [1.165, 1.54) is 18.7 Å². The Morgan fingerprint density at radius 2 is 1.41 bits per heavy atom. The molecule has 6 rings (SSSR count). The average molecular weight is 429 g/mol. The zero-order valence-corrected chi connectivity index (χ0v) is 16.5. The highest BCUT2D eigenvalue weighted by Crippen LogP contribution is 2.43. The maximum atomic E-state index is 12.9. The summed E-state index contributed by atoms with van der Waals surface area (Å²) < 4.78 is 27.9. The van der Waals surface area contributed by atoms with Crippen LogP contribution in [0, 0.1) is 0 Å². The number of nitrogens with zero attached hydrogens (tertiary/aromatic N) is 2. The minimum Gasteiger partial charge on any atom is -0.454 e. The molecule has 0 saturated heterocycles. The molecular weight excluding hydrogens is 414 g/mol. The standard InChI is InChI=1S/C23H15N3O6/c27-23(26-15-8-24-10-25-9-15)21-7-16(13-1-3-17-19(5-13)30-11-28-17)22(32-21)14-2-4-18-20(6-14)31-12-29-18/h1-10H,11-12H2,(H,26,27). The summed E-state index contributed by atoms with van der Waals surface area (Å²) in [5.41, 5.74) is 2.73. The molecule has 1 amide bonds. The molecule has 9 nitrogen and oxygen atoms in total. The van der Waals surface area contributed by atoms with E-state index in [4.69, 9.17) is 23.4 Å². The van der Waals surface area contributed by atoms with E-state index in [1.807, 2.05) is 36.4 Å². The summed E-state index contributed by atoms with van der Waals surface area (Å²) in [6.07, 6.45) is 4.40. The maximum Gasteiger partial charge on any atom is 0.291 e. The monoisotopic (exact) mass is 429 g/mol. The molecule has 0 unspecified atom stereocenters. The van der Waals surface area contributed by atoms with Crippen molar-refractivity contribution in [2.24, 2.45) is 0 Å². The van der Waals surface area contributed by atoms with Crippen molar-refractivity contribution in [2.75, 3.05) is 18.9 Å². The predicted molar refractivity (Wildman–Crippen MR) is 112 cm³/mol. The molecule has 0 spiro atoms. The number of benzene rings is 2. The summed E-state index contributed by atoms with van der Waals surface area (Å²) in [4.78, 5) is 20.7. The van der Waals surface area contributed by atoms with E-state index in [9.17, 15) is 4.79 Å². The third-order valence-electron chi connectivity index (χ3n) is 5.09. The molecule has 4 heterocycles. The molecule has 2 aliphatic heterocycles. The number of carbonyl (C=O) groups is 1. The lowest BCUT2D eigenvalue weighted by atomic mass is 10.0. The Labute approximate surface area is 181 Å². The van der Waals surface area contributed by atoms with Crippen molar-refractivity contribution in [3.63, 3.8) is 0 Å². The molecule has 0 saturated carbocycles. The number of hydrogen-bond acceptors (Lipinski definition) is 8. The molecular formula is C23H15N3O6. The van der Waals surface area contributed by atoms with Crippen molar-refractivity contribution in [3.05, 3.63) is 66.9 Å². The number of furan rings is 1. The second kappa shape index (κ2) is 7.31. The van der Waals surface area contributed by atoms with Crippen LogP contribution < -0.4 is 24.3 Å². The van der Waals surface area contributed by atoms with Crippen LogP contribution >= 0.6 is 0 Å². The Morgan fingerprint density at radius 3 is 2.12 bits per heavy atom. The van der Waals surface area contributed by atoms with Gasteiger partial charge in [-0.1, -0.05) is 6.07 Å². The molecule has 32 heavy (non-hydrogen) atoms. The smallest absolute Gasteiger partial charge is 0.291 e. The molecule has 9 heteroatoms. The zero-order valence-electron chi connectivity index (χ0n) is 16.5. The number of fused-ring (bicyclic) bond motifs is 2. The number of aromatic nitrogens is 2. The van der Waals surface area contributed by atoms with Gasteiger partial charge in [0.2, 0.25) is 13.6 Å². The zero-order chi connectivity index (χ0) is 21.5. The molecule has 0 radical (unpaired) electrons. The number of rotatable bonds is 4. The quantitative estimate of drug-likeness (QED) is 0.517. The average Bonchev–Trinajstić information content (AvgIpc) is 3.57. The van der Waals surface area contributed by atoms with Gasteiger partial charge in [0.15, 0.2) is 28.8 Å². The SMILES string of the molecule is O=C(Nc1cncnc1)c1cc(-c2ccc3c(c2)OCO3)c(-c2ccc3c(c2)OCO3)o1. The first-order valence-electron chi connectivity index (χ1n) is 9.75. The highest BCUT2D eigenvalue weighted by molar-refractivity contribution is 6.04. The van der Waals surface area contributed by atoms with Gasteiger partial charge in [-0.3, -0.25) is 4.79 Å².